The molecule has 2 aromatic rings. The maximum atomic E-state index is 13.1. The monoisotopic (exact) mass is 364 g/mol. The number of amides is 2. The lowest BCUT2D eigenvalue weighted by molar-refractivity contribution is -0.145. The second-order valence-electron chi connectivity index (χ2n) is 7.32. The predicted octanol–water partition coefficient (Wildman–Crippen LogP) is 2.68. The van der Waals surface area contributed by atoms with E-state index < -0.39 is 5.41 Å². The fraction of sp³-hybridized carbons (Fsp3) is 0.364. The Hall–Kier alpha value is -2.82. The van der Waals surface area contributed by atoms with Crippen LogP contribution in [0.3, 0.4) is 0 Å². The number of nitrogens with zero attached hydrogens (tertiary/aromatic N) is 1. The van der Waals surface area contributed by atoms with E-state index in [9.17, 15) is 9.59 Å². The molecule has 4 rings (SSSR count). The number of rotatable bonds is 5. The summed E-state index contributed by atoms with van der Waals surface area (Å²) in [7, 11) is 1.61. The van der Waals surface area contributed by atoms with Crippen molar-refractivity contribution in [3.05, 3.63) is 65.2 Å². The van der Waals surface area contributed by atoms with Crippen LogP contribution in [0.2, 0.25) is 0 Å². The van der Waals surface area contributed by atoms with Crippen molar-refractivity contribution in [2.75, 3.05) is 13.7 Å². The van der Waals surface area contributed by atoms with Crippen molar-refractivity contribution in [2.24, 2.45) is 5.41 Å². The van der Waals surface area contributed by atoms with E-state index in [-0.39, 0.29) is 11.8 Å². The average Bonchev–Trinajstić information content (AvgIpc) is 3.53. The molecule has 0 atom stereocenters. The van der Waals surface area contributed by atoms with Crippen LogP contribution >= 0.6 is 0 Å². The fourth-order valence-corrected chi connectivity index (χ4v) is 3.83. The van der Waals surface area contributed by atoms with Crippen LogP contribution in [0.15, 0.2) is 48.5 Å². The molecule has 5 heteroatoms. The molecule has 27 heavy (non-hydrogen) atoms. The Kier molecular flexibility index (Phi) is 4.60. The average molecular weight is 364 g/mol. The molecule has 1 aliphatic heterocycles. The van der Waals surface area contributed by atoms with Crippen molar-refractivity contribution in [1.82, 2.24) is 10.2 Å². The first-order chi connectivity index (χ1) is 13.1. The molecular formula is C22H24N2O3. The van der Waals surface area contributed by atoms with Gasteiger partial charge < -0.3 is 15.0 Å². The van der Waals surface area contributed by atoms with Gasteiger partial charge in [0.05, 0.1) is 7.11 Å². The molecule has 0 radical (unpaired) electrons. The molecule has 1 heterocycles. The van der Waals surface area contributed by atoms with E-state index in [0.29, 0.717) is 32.5 Å². The van der Waals surface area contributed by atoms with Gasteiger partial charge in [0.15, 0.2) is 0 Å². The molecule has 140 valence electrons. The summed E-state index contributed by atoms with van der Waals surface area (Å²) in [6.45, 7) is 1.63. The van der Waals surface area contributed by atoms with Crippen LogP contribution in [0.4, 0.5) is 0 Å². The Labute approximate surface area is 159 Å². The summed E-state index contributed by atoms with van der Waals surface area (Å²) < 4.78 is 5.33. The van der Waals surface area contributed by atoms with Gasteiger partial charge in [-0.25, -0.2) is 0 Å². The maximum Gasteiger partial charge on any atom is 0.238 e. The summed E-state index contributed by atoms with van der Waals surface area (Å²) in [6, 6.07) is 15.8. The third-order valence-electron chi connectivity index (χ3n) is 5.64. The number of methoxy groups -OCH3 is 1. The van der Waals surface area contributed by atoms with E-state index in [1.165, 1.54) is 11.1 Å². The van der Waals surface area contributed by atoms with Gasteiger partial charge >= 0.3 is 0 Å². The normalized spacial score (nSPS) is 17.0. The fourth-order valence-electron chi connectivity index (χ4n) is 3.83. The van der Waals surface area contributed by atoms with E-state index in [0.717, 1.165) is 17.7 Å². The smallest absolute Gasteiger partial charge is 0.238 e. The highest BCUT2D eigenvalue weighted by Crippen LogP contribution is 2.48. The molecule has 1 N–H and O–H groups in total. The third kappa shape index (κ3) is 3.29. The Morgan fingerprint density at radius 1 is 1.07 bits per heavy atom. The molecule has 1 fully saturated rings. The number of ether oxygens (including phenoxy) is 1. The molecule has 0 unspecified atom stereocenters. The zero-order valence-corrected chi connectivity index (χ0v) is 15.5. The summed E-state index contributed by atoms with van der Waals surface area (Å²) in [4.78, 5) is 27.8. The topological polar surface area (TPSA) is 58.6 Å². The van der Waals surface area contributed by atoms with Crippen molar-refractivity contribution in [3.63, 3.8) is 0 Å². The number of benzene rings is 2. The van der Waals surface area contributed by atoms with Gasteiger partial charge in [-0.1, -0.05) is 42.5 Å². The van der Waals surface area contributed by atoms with Crippen LogP contribution in [-0.2, 0) is 29.1 Å². The number of carbonyl (C=O) groups excluding carboxylic acids is 2. The molecule has 2 aromatic carbocycles. The van der Waals surface area contributed by atoms with Gasteiger partial charge in [-0.15, -0.1) is 0 Å². The first kappa shape index (κ1) is 17.6. The minimum absolute atomic E-state index is 0.0328. The van der Waals surface area contributed by atoms with Gasteiger partial charge in [0, 0.05) is 25.2 Å². The third-order valence-corrected chi connectivity index (χ3v) is 5.64. The Bertz CT molecular complexity index is 873. The van der Waals surface area contributed by atoms with Gasteiger partial charge in [-0.2, -0.15) is 0 Å². The highest BCUT2D eigenvalue weighted by Gasteiger charge is 2.58. The predicted molar refractivity (Wildman–Crippen MR) is 102 cm³/mol. The lowest BCUT2D eigenvalue weighted by Gasteiger charge is -2.31. The summed E-state index contributed by atoms with van der Waals surface area (Å²) in [5, 5.41) is 2.95. The van der Waals surface area contributed by atoms with Crippen molar-refractivity contribution in [2.45, 2.75) is 32.4 Å². The Morgan fingerprint density at radius 3 is 2.52 bits per heavy atom. The second kappa shape index (κ2) is 7.06. The first-order valence-electron chi connectivity index (χ1n) is 9.40. The number of hydrogen-bond acceptors (Lipinski definition) is 3. The Balaban J connectivity index is 1.42. The summed E-state index contributed by atoms with van der Waals surface area (Å²) in [5.74, 6) is 0.536. The molecule has 0 aromatic heterocycles. The standard InChI is InChI=1S/C22H24N2O3/c1-27-19-9-5-4-7-17(19)14-23-20(25)22(11-12-22)21(26)24-13-10-16-6-2-3-8-18(16)15-24/h2-9H,10-15H2,1H3,(H,23,25). The van der Waals surface area contributed by atoms with Crippen molar-refractivity contribution >= 4 is 11.8 Å². The second-order valence-corrected chi connectivity index (χ2v) is 7.32. The highest BCUT2D eigenvalue weighted by atomic mass is 16.5. The van der Waals surface area contributed by atoms with Crippen LogP contribution in [0.1, 0.15) is 29.5 Å². The van der Waals surface area contributed by atoms with E-state index >= 15 is 0 Å². The molecule has 2 aliphatic rings. The van der Waals surface area contributed by atoms with E-state index in [1.807, 2.05) is 41.3 Å². The van der Waals surface area contributed by atoms with Crippen LogP contribution in [0.5, 0.6) is 5.75 Å². The summed E-state index contributed by atoms with van der Waals surface area (Å²) in [5.41, 5.74) is 2.51. The van der Waals surface area contributed by atoms with Crippen LogP contribution in [0.25, 0.3) is 0 Å². The van der Waals surface area contributed by atoms with Crippen LogP contribution < -0.4 is 10.1 Å². The van der Waals surface area contributed by atoms with Crippen LogP contribution in [-0.4, -0.2) is 30.4 Å². The van der Waals surface area contributed by atoms with Gasteiger partial charge in [-0.05, 0) is 36.5 Å². The minimum Gasteiger partial charge on any atom is -0.496 e. The molecule has 0 saturated heterocycles. The Morgan fingerprint density at radius 2 is 1.78 bits per heavy atom. The number of nitrogens with one attached hydrogen (secondary N) is 1. The first-order valence-corrected chi connectivity index (χ1v) is 9.40. The lowest BCUT2D eigenvalue weighted by atomic mass is 9.97. The van der Waals surface area contributed by atoms with Crippen LogP contribution in [0, 0.1) is 5.41 Å². The van der Waals surface area contributed by atoms with Gasteiger partial charge in [0.25, 0.3) is 0 Å². The van der Waals surface area contributed by atoms with Crippen molar-refractivity contribution in [1.29, 1.82) is 0 Å². The van der Waals surface area contributed by atoms with E-state index in [1.54, 1.807) is 7.11 Å². The van der Waals surface area contributed by atoms with Crippen molar-refractivity contribution < 1.29 is 14.3 Å². The minimum atomic E-state index is -0.881. The highest BCUT2D eigenvalue weighted by molar-refractivity contribution is 6.07. The molecular weight excluding hydrogens is 340 g/mol. The van der Waals surface area contributed by atoms with Gasteiger partial charge in [0.2, 0.25) is 11.8 Å². The van der Waals surface area contributed by atoms with Gasteiger partial charge in [0.1, 0.15) is 11.2 Å². The summed E-state index contributed by atoms with van der Waals surface area (Å²) >= 11 is 0. The van der Waals surface area contributed by atoms with Crippen molar-refractivity contribution in [3.8, 4) is 5.75 Å². The number of carbonyl (C=O) groups is 2. The summed E-state index contributed by atoms with van der Waals surface area (Å²) in [6.07, 6.45) is 2.10. The molecule has 2 amide bonds. The quantitative estimate of drug-likeness (QED) is 0.830. The number of hydrogen-bond donors (Lipinski definition) is 1. The van der Waals surface area contributed by atoms with E-state index in [2.05, 4.69) is 17.4 Å². The largest absolute Gasteiger partial charge is 0.496 e. The SMILES string of the molecule is COc1ccccc1CNC(=O)C1(C(=O)N2CCc3ccccc3C2)CC1. The molecule has 1 saturated carbocycles. The molecule has 0 bridgehead atoms. The lowest BCUT2D eigenvalue weighted by Crippen LogP contribution is -2.46. The number of fused-ring (bicyclic) bond motifs is 1. The maximum absolute atomic E-state index is 13.1. The zero-order chi connectivity index (χ0) is 18.9. The van der Waals surface area contributed by atoms with E-state index in [4.69, 9.17) is 4.74 Å². The molecule has 1 aliphatic carbocycles. The zero-order valence-electron chi connectivity index (χ0n) is 15.5. The molecule has 5 nitrogen and oxygen atoms in total. The molecule has 0 spiro atoms. The van der Waals surface area contributed by atoms with Gasteiger partial charge in [-0.3, -0.25) is 9.59 Å². The number of para-hydroxylation sites is 1.